The lowest BCUT2D eigenvalue weighted by Gasteiger charge is -2.37. The summed E-state index contributed by atoms with van der Waals surface area (Å²) in [6.07, 6.45) is 0. The molecule has 320 valence electrons. The van der Waals surface area contributed by atoms with Crippen LogP contribution in [0.4, 0.5) is 34.1 Å². The maximum absolute atomic E-state index is 2.50. The van der Waals surface area contributed by atoms with Gasteiger partial charge in [-0.05, 0) is 129 Å². The average Bonchev–Trinajstić information content (AvgIpc) is 3.38. The minimum atomic E-state index is -1.71. The van der Waals surface area contributed by atoms with Crippen LogP contribution in [0.15, 0.2) is 243 Å². The number of hydrogen-bond acceptors (Lipinski definition) is 2. The first kappa shape index (κ1) is 40.5. The zero-order chi connectivity index (χ0) is 45.1. The molecule has 0 heterocycles. The second kappa shape index (κ2) is 16.5. The SMILES string of the molecule is Cc1ccc(N(c2ccccc2)c2ccc3c(c2)C(C)(C)c2cccc4c2c-3cc2c3ccccc3c(N(c3ccccc3)c3ccc([SiH](c5ccccc5)c5ccccc5)cc3)cc42)cc1. The van der Waals surface area contributed by atoms with Crippen LogP contribution >= 0.6 is 0 Å². The van der Waals surface area contributed by atoms with Gasteiger partial charge in [-0.3, -0.25) is 0 Å². The van der Waals surface area contributed by atoms with Crippen LogP contribution in [0.25, 0.3) is 43.4 Å². The lowest BCUT2D eigenvalue weighted by atomic mass is 9.68. The van der Waals surface area contributed by atoms with Crippen molar-refractivity contribution in [3.63, 3.8) is 0 Å². The van der Waals surface area contributed by atoms with Gasteiger partial charge in [-0.2, -0.15) is 0 Å². The van der Waals surface area contributed by atoms with E-state index in [9.17, 15) is 0 Å². The summed E-state index contributed by atoms with van der Waals surface area (Å²) in [5.41, 5.74) is 13.1. The number of aryl methyl sites for hydroxylation is 1. The maximum atomic E-state index is 2.50. The van der Waals surface area contributed by atoms with E-state index in [0.717, 1.165) is 28.4 Å². The quantitative estimate of drug-likeness (QED) is 0.0810. The molecule has 0 amide bonds. The summed E-state index contributed by atoms with van der Waals surface area (Å²) >= 11 is 0. The van der Waals surface area contributed by atoms with E-state index in [4.69, 9.17) is 0 Å². The van der Waals surface area contributed by atoms with Crippen LogP contribution in [0.5, 0.6) is 0 Å². The van der Waals surface area contributed by atoms with Crippen molar-refractivity contribution in [3.05, 3.63) is 259 Å². The van der Waals surface area contributed by atoms with Crippen molar-refractivity contribution in [2.24, 2.45) is 0 Å². The first-order valence-corrected chi connectivity index (χ1v) is 25.2. The fraction of sp³-hybridized carbons (Fsp3) is 0.0625. The van der Waals surface area contributed by atoms with Crippen molar-refractivity contribution in [1.82, 2.24) is 0 Å². The number of nitrogens with zero attached hydrogens (tertiary/aromatic N) is 2. The molecule has 1 aliphatic rings. The van der Waals surface area contributed by atoms with E-state index in [0.29, 0.717) is 0 Å². The predicted octanol–water partition coefficient (Wildman–Crippen LogP) is 14.9. The van der Waals surface area contributed by atoms with Gasteiger partial charge in [0.25, 0.3) is 0 Å². The first-order valence-electron chi connectivity index (χ1n) is 23.5. The Bertz CT molecular complexity index is 3550. The minimum Gasteiger partial charge on any atom is -0.310 e. The minimum absolute atomic E-state index is 0.265. The molecule has 12 rings (SSSR count). The molecular formula is C64H50N2Si. The third-order valence-corrected chi connectivity index (χ3v) is 17.3. The summed E-state index contributed by atoms with van der Waals surface area (Å²) in [4.78, 5) is 4.86. The molecule has 0 fully saturated rings. The summed E-state index contributed by atoms with van der Waals surface area (Å²) in [7, 11) is -1.71. The van der Waals surface area contributed by atoms with Crippen molar-refractivity contribution in [2.75, 3.05) is 9.80 Å². The van der Waals surface area contributed by atoms with E-state index in [-0.39, 0.29) is 5.41 Å². The summed E-state index contributed by atoms with van der Waals surface area (Å²) < 4.78 is 0. The van der Waals surface area contributed by atoms with Gasteiger partial charge in [-0.15, -0.1) is 0 Å². The van der Waals surface area contributed by atoms with E-state index in [1.54, 1.807) is 0 Å². The molecule has 0 saturated carbocycles. The van der Waals surface area contributed by atoms with E-state index in [1.165, 1.54) is 81.4 Å². The number of hydrogen-bond donors (Lipinski definition) is 0. The van der Waals surface area contributed by atoms with Gasteiger partial charge < -0.3 is 9.80 Å². The summed E-state index contributed by atoms with van der Waals surface area (Å²) in [5.74, 6) is 0. The standard InChI is InChI=1S/C64H50N2Si/c1-44-31-33-47(34-32-44)65(45-19-8-4-9-20-45)49-37-40-54-59-42-57-53-27-16-17-28-55(53)62(43-58(57)56-29-18-30-60(63(56)59)64(2,3)61(54)41-49)66(46-21-10-5-11-22-46)48-35-38-52(39-36-48)67(50-23-12-6-13-24-50)51-25-14-7-15-26-51/h4-43,67H,1-3H3. The van der Waals surface area contributed by atoms with Crippen molar-refractivity contribution in [2.45, 2.75) is 26.2 Å². The van der Waals surface area contributed by atoms with Crippen molar-refractivity contribution < 1.29 is 0 Å². The molecule has 0 N–H and O–H groups in total. The Morgan fingerprint density at radius 3 is 1.45 bits per heavy atom. The Morgan fingerprint density at radius 1 is 0.328 bits per heavy atom. The average molecular weight is 875 g/mol. The van der Waals surface area contributed by atoms with Crippen molar-refractivity contribution in [3.8, 4) is 11.1 Å². The van der Waals surface area contributed by atoms with Gasteiger partial charge in [-0.1, -0.05) is 205 Å². The molecule has 0 spiro atoms. The third-order valence-electron chi connectivity index (χ3n) is 14.2. The van der Waals surface area contributed by atoms with Crippen LogP contribution < -0.4 is 25.4 Å². The number of benzene rings is 11. The highest BCUT2D eigenvalue weighted by Gasteiger charge is 2.35. The molecule has 0 unspecified atom stereocenters. The molecule has 67 heavy (non-hydrogen) atoms. The topological polar surface area (TPSA) is 6.48 Å². The number of fused-ring (bicyclic) bond motifs is 6. The molecule has 0 aliphatic heterocycles. The molecule has 0 atom stereocenters. The highest BCUT2D eigenvalue weighted by Crippen LogP contribution is 2.53. The monoisotopic (exact) mass is 874 g/mol. The zero-order valence-electron chi connectivity index (χ0n) is 38.1. The van der Waals surface area contributed by atoms with Gasteiger partial charge in [0.2, 0.25) is 0 Å². The fourth-order valence-corrected chi connectivity index (χ4v) is 13.9. The van der Waals surface area contributed by atoms with Gasteiger partial charge in [0.15, 0.2) is 0 Å². The van der Waals surface area contributed by atoms with E-state index in [2.05, 4.69) is 273 Å². The second-order valence-corrected chi connectivity index (χ2v) is 21.4. The fourth-order valence-electron chi connectivity index (χ4n) is 10.9. The highest BCUT2D eigenvalue weighted by molar-refractivity contribution is 6.95. The van der Waals surface area contributed by atoms with Crippen LogP contribution in [-0.2, 0) is 5.41 Å². The molecule has 1 aliphatic carbocycles. The lowest BCUT2D eigenvalue weighted by molar-refractivity contribution is 0.645. The Balaban J connectivity index is 1.04. The summed E-state index contributed by atoms with van der Waals surface area (Å²) in [5, 5.41) is 11.9. The first-order chi connectivity index (χ1) is 32.9. The van der Waals surface area contributed by atoms with Gasteiger partial charge in [-0.25, -0.2) is 0 Å². The van der Waals surface area contributed by atoms with E-state index in [1.807, 2.05) is 0 Å². The molecule has 0 radical (unpaired) electrons. The second-order valence-electron chi connectivity index (χ2n) is 18.6. The van der Waals surface area contributed by atoms with Crippen LogP contribution in [0.2, 0.25) is 0 Å². The summed E-state index contributed by atoms with van der Waals surface area (Å²) in [6, 6.07) is 90.3. The van der Waals surface area contributed by atoms with Crippen LogP contribution in [-0.4, -0.2) is 8.80 Å². The normalized spacial score (nSPS) is 12.7. The Kier molecular flexibility index (Phi) is 9.96. The third kappa shape index (κ3) is 6.94. The van der Waals surface area contributed by atoms with Gasteiger partial charge in [0.05, 0.1) is 5.69 Å². The summed E-state index contributed by atoms with van der Waals surface area (Å²) in [6.45, 7) is 6.97. The molecule has 0 bridgehead atoms. The van der Waals surface area contributed by atoms with Gasteiger partial charge in [0, 0.05) is 39.2 Å². The predicted molar refractivity (Wildman–Crippen MR) is 290 cm³/mol. The van der Waals surface area contributed by atoms with Crippen LogP contribution in [0.1, 0.15) is 30.5 Å². The largest absolute Gasteiger partial charge is 0.310 e. The number of rotatable bonds is 9. The van der Waals surface area contributed by atoms with Crippen molar-refractivity contribution >= 4 is 90.8 Å². The van der Waals surface area contributed by atoms with Crippen molar-refractivity contribution in [1.29, 1.82) is 0 Å². The number of anilines is 6. The highest BCUT2D eigenvalue weighted by atomic mass is 28.3. The van der Waals surface area contributed by atoms with Crippen LogP contribution in [0, 0.1) is 6.92 Å². The molecule has 11 aromatic carbocycles. The smallest absolute Gasteiger partial charge is 0.132 e. The molecule has 0 aromatic heterocycles. The van der Waals surface area contributed by atoms with Gasteiger partial charge >= 0.3 is 0 Å². The van der Waals surface area contributed by atoms with E-state index >= 15 is 0 Å². The van der Waals surface area contributed by atoms with Gasteiger partial charge in [0.1, 0.15) is 8.80 Å². The molecule has 11 aromatic rings. The molecule has 2 nitrogen and oxygen atoms in total. The zero-order valence-corrected chi connectivity index (χ0v) is 39.2. The Morgan fingerprint density at radius 2 is 0.806 bits per heavy atom. The number of para-hydroxylation sites is 2. The maximum Gasteiger partial charge on any atom is 0.132 e. The Hall–Kier alpha value is -7.98. The molecular weight excluding hydrogens is 825 g/mol. The molecule has 3 heteroatoms. The Labute approximate surface area is 395 Å². The van der Waals surface area contributed by atoms with E-state index < -0.39 is 8.80 Å². The van der Waals surface area contributed by atoms with Crippen LogP contribution in [0.3, 0.4) is 0 Å². The lowest BCUT2D eigenvalue weighted by Crippen LogP contribution is -2.51. The molecule has 0 saturated heterocycles.